The number of aliphatic hydroxyl groups is 1. The smallest absolute Gasteiger partial charge is 0.303 e. The second-order valence-electron chi connectivity index (χ2n) is 4.98. The Hall–Kier alpha value is -1.87. The van der Waals surface area contributed by atoms with Crippen molar-refractivity contribution >= 4 is 5.97 Å². The monoisotopic (exact) mass is 304 g/mol. The molecule has 3 heteroatoms. The third-order valence-corrected chi connectivity index (χ3v) is 2.94. The fourth-order valence-electron chi connectivity index (χ4n) is 1.75. The molecule has 0 fully saturated rings. The van der Waals surface area contributed by atoms with Crippen LogP contribution in [0.25, 0.3) is 0 Å². The van der Waals surface area contributed by atoms with Gasteiger partial charge in [-0.1, -0.05) is 67.7 Å². The lowest BCUT2D eigenvalue weighted by atomic mass is 10.1. The second kappa shape index (κ2) is 15.5. The fourth-order valence-corrected chi connectivity index (χ4v) is 1.75. The number of allylic oxidation sites excluding steroid dienone is 7. The van der Waals surface area contributed by atoms with Crippen molar-refractivity contribution in [3.8, 4) is 0 Å². The van der Waals surface area contributed by atoms with E-state index in [9.17, 15) is 9.90 Å². The van der Waals surface area contributed by atoms with E-state index in [1.807, 2.05) is 30.4 Å². The summed E-state index contributed by atoms with van der Waals surface area (Å²) in [5.41, 5.74) is 0. The van der Waals surface area contributed by atoms with Crippen LogP contribution in [0, 0.1) is 0 Å². The molecule has 0 aliphatic heterocycles. The van der Waals surface area contributed by atoms with Crippen LogP contribution in [-0.2, 0) is 4.79 Å². The van der Waals surface area contributed by atoms with Gasteiger partial charge < -0.3 is 10.2 Å². The van der Waals surface area contributed by atoms with Gasteiger partial charge in [0.1, 0.15) is 0 Å². The largest absolute Gasteiger partial charge is 0.481 e. The first-order chi connectivity index (χ1) is 10.7. The average molecular weight is 304 g/mol. The quantitative estimate of drug-likeness (QED) is 0.297. The molecule has 0 saturated carbocycles. The minimum absolute atomic E-state index is 0.270. The molecule has 0 aromatic carbocycles. The van der Waals surface area contributed by atoms with Crippen LogP contribution in [0.2, 0.25) is 0 Å². The van der Waals surface area contributed by atoms with E-state index < -0.39 is 12.1 Å². The molecule has 0 saturated heterocycles. The summed E-state index contributed by atoms with van der Waals surface area (Å²) in [5, 5.41) is 18.1. The fraction of sp³-hybridized carbons (Fsp3) is 0.421. The van der Waals surface area contributed by atoms with E-state index in [1.165, 1.54) is 0 Å². The van der Waals surface area contributed by atoms with Crippen LogP contribution in [0.3, 0.4) is 0 Å². The molecule has 0 aliphatic rings. The maximum absolute atomic E-state index is 10.3. The van der Waals surface area contributed by atoms with Crippen LogP contribution in [0.5, 0.6) is 0 Å². The van der Waals surface area contributed by atoms with Crippen LogP contribution < -0.4 is 0 Å². The van der Waals surface area contributed by atoms with Gasteiger partial charge in [-0.25, -0.2) is 0 Å². The van der Waals surface area contributed by atoms with Gasteiger partial charge >= 0.3 is 5.97 Å². The maximum atomic E-state index is 10.3. The van der Waals surface area contributed by atoms with Gasteiger partial charge in [0.05, 0.1) is 6.10 Å². The molecule has 0 aromatic rings. The Balaban J connectivity index is 3.54. The zero-order valence-corrected chi connectivity index (χ0v) is 13.2. The van der Waals surface area contributed by atoms with Crippen molar-refractivity contribution < 1.29 is 15.0 Å². The third kappa shape index (κ3) is 16.2. The summed E-state index contributed by atoms with van der Waals surface area (Å²) in [4.78, 5) is 10.3. The summed E-state index contributed by atoms with van der Waals surface area (Å²) >= 11 is 0. The minimum atomic E-state index is -0.713. The van der Waals surface area contributed by atoms with Crippen LogP contribution in [0.1, 0.15) is 44.9 Å². The number of carboxylic acid groups (broad SMARTS) is 1. The molecule has 3 nitrogen and oxygen atoms in total. The SMILES string of the molecule is C=C/C=C\C=C\C(O)C/C=C\C/C=C\CCCCCC(=O)O. The molecule has 22 heavy (non-hydrogen) atoms. The Morgan fingerprint density at radius 1 is 1.00 bits per heavy atom. The topological polar surface area (TPSA) is 57.5 Å². The molecule has 122 valence electrons. The van der Waals surface area contributed by atoms with E-state index in [1.54, 1.807) is 12.2 Å². The van der Waals surface area contributed by atoms with E-state index in [2.05, 4.69) is 18.7 Å². The van der Waals surface area contributed by atoms with E-state index >= 15 is 0 Å². The number of aliphatic hydroxyl groups excluding tert-OH is 1. The van der Waals surface area contributed by atoms with Crippen molar-refractivity contribution in [3.05, 3.63) is 61.3 Å². The number of rotatable bonds is 13. The predicted molar refractivity (Wildman–Crippen MR) is 92.7 cm³/mol. The Labute approximate surface area is 134 Å². The summed E-state index contributed by atoms with van der Waals surface area (Å²) in [7, 11) is 0. The van der Waals surface area contributed by atoms with Gasteiger partial charge in [-0.15, -0.1) is 0 Å². The highest BCUT2D eigenvalue weighted by atomic mass is 16.4. The van der Waals surface area contributed by atoms with Gasteiger partial charge in [0.15, 0.2) is 0 Å². The molecule has 0 bridgehead atoms. The standard InChI is InChI=1S/C19H28O3/c1-2-3-4-12-15-18(20)16-13-10-8-6-5-7-9-11-14-17-19(21)22/h2-6,10,12-13,15,18,20H,1,7-9,11,14,16-17H2,(H,21,22)/b4-3-,6-5-,13-10-,15-12+. The van der Waals surface area contributed by atoms with Crippen molar-refractivity contribution in [3.63, 3.8) is 0 Å². The molecular weight excluding hydrogens is 276 g/mol. The Morgan fingerprint density at radius 2 is 1.77 bits per heavy atom. The minimum Gasteiger partial charge on any atom is -0.481 e. The second-order valence-corrected chi connectivity index (χ2v) is 4.98. The van der Waals surface area contributed by atoms with Crippen LogP contribution in [0.4, 0.5) is 0 Å². The van der Waals surface area contributed by atoms with Gasteiger partial charge in [0.25, 0.3) is 0 Å². The van der Waals surface area contributed by atoms with E-state index in [0.29, 0.717) is 6.42 Å². The number of carbonyl (C=O) groups is 1. The molecule has 0 spiro atoms. The van der Waals surface area contributed by atoms with Gasteiger partial charge in [-0.3, -0.25) is 4.79 Å². The average Bonchev–Trinajstić information content (AvgIpc) is 2.49. The summed E-state index contributed by atoms with van der Waals surface area (Å²) in [6.45, 7) is 3.57. The van der Waals surface area contributed by atoms with Crippen molar-refractivity contribution in [2.75, 3.05) is 0 Å². The molecule has 0 heterocycles. The lowest BCUT2D eigenvalue weighted by molar-refractivity contribution is -0.137. The molecule has 0 radical (unpaired) electrons. The summed E-state index contributed by atoms with van der Waals surface area (Å²) in [6, 6.07) is 0. The van der Waals surface area contributed by atoms with E-state index in [4.69, 9.17) is 5.11 Å². The molecule has 0 aliphatic carbocycles. The van der Waals surface area contributed by atoms with Crippen molar-refractivity contribution in [1.82, 2.24) is 0 Å². The number of hydrogen-bond acceptors (Lipinski definition) is 2. The van der Waals surface area contributed by atoms with Gasteiger partial charge in [0.2, 0.25) is 0 Å². The highest BCUT2D eigenvalue weighted by Gasteiger charge is 1.95. The lowest BCUT2D eigenvalue weighted by Gasteiger charge is -1.98. The Kier molecular flexibility index (Phi) is 14.2. The molecule has 0 rings (SSSR count). The van der Waals surface area contributed by atoms with Crippen molar-refractivity contribution in [2.24, 2.45) is 0 Å². The normalized spacial score (nSPS) is 13.7. The number of aliphatic carboxylic acids is 1. The first kappa shape index (κ1) is 20.1. The van der Waals surface area contributed by atoms with Crippen LogP contribution >= 0.6 is 0 Å². The molecule has 1 atom stereocenters. The van der Waals surface area contributed by atoms with Gasteiger partial charge in [-0.05, 0) is 32.1 Å². The van der Waals surface area contributed by atoms with Crippen molar-refractivity contribution in [1.29, 1.82) is 0 Å². The number of unbranched alkanes of at least 4 members (excludes halogenated alkanes) is 3. The van der Waals surface area contributed by atoms with Gasteiger partial charge in [0, 0.05) is 6.42 Å². The first-order valence-electron chi connectivity index (χ1n) is 7.82. The molecular formula is C19H28O3. The molecule has 0 aromatic heterocycles. The van der Waals surface area contributed by atoms with Crippen molar-refractivity contribution in [2.45, 2.75) is 51.0 Å². The van der Waals surface area contributed by atoms with E-state index in [-0.39, 0.29) is 6.42 Å². The summed E-state index contributed by atoms with van der Waals surface area (Å²) in [5.74, 6) is -0.713. The summed E-state index contributed by atoms with van der Waals surface area (Å²) < 4.78 is 0. The van der Waals surface area contributed by atoms with Gasteiger partial charge in [-0.2, -0.15) is 0 Å². The Morgan fingerprint density at radius 3 is 2.50 bits per heavy atom. The lowest BCUT2D eigenvalue weighted by Crippen LogP contribution is -1.98. The number of hydrogen-bond donors (Lipinski definition) is 2. The van der Waals surface area contributed by atoms with Crippen LogP contribution in [0.15, 0.2) is 61.3 Å². The third-order valence-electron chi connectivity index (χ3n) is 2.94. The number of carboxylic acids is 1. The predicted octanol–water partition coefficient (Wildman–Crippen LogP) is 4.57. The summed E-state index contributed by atoms with van der Waals surface area (Å²) in [6.07, 6.45) is 22.2. The van der Waals surface area contributed by atoms with E-state index in [0.717, 1.165) is 32.1 Å². The zero-order chi connectivity index (χ0) is 16.5. The highest BCUT2D eigenvalue weighted by molar-refractivity contribution is 5.66. The zero-order valence-electron chi connectivity index (χ0n) is 13.2. The molecule has 1 unspecified atom stereocenters. The Bertz CT molecular complexity index is 403. The van der Waals surface area contributed by atoms with Crippen LogP contribution in [-0.4, -0.2) is 22.3 Å². The molecule has 2 N–H and O–H groups in total. The highest BCUT2D eigenvalue weighted by Crippen LogP contribution is 2.04. The molecule has 0 amide bonds. The first-order valence-corrected chi connectivity index (χ1v) is 7.82. The maximum Gasteiger partial charge on any atom is 0.303 e.